The van der Waals surface area contributed by atoms with Gasteiger partial charge in [0, 0.05) is 32.2 Å². The van der Waals surface area contributed by atoms with E-state index in [9.17, 15) is 5.26 Å². The lowest BCUT2D eigenvalue weighted by Crippen LogP contribution is -2.52. The molecule has 0 aliphatic carbocycles. The van der Waals surface area contributed by atoms with Gasteiger partial charge in [0.15, 0.2) is 0 Å². The molecule has 142 valence electrons. The van der Waals surface area contributed by atoms with Crippen LogP contribution in [0.1, 0.15) is 19.0 Å². The van der Waals surface area contributed by atoms with E-state index in [1.165, 1.54) is 19.5 Å². The van der Waals surface area contributed by atoms with E-state index in [4.69, 9.17) is 4.74 Å². The fraction of sp³-hybridized carbons (Fsp3) is 0.600. The summed E-state index contributed by atoms with van der Waals surface area (Å²) in [7, 11) is 0. The minimum absolute atomic E-state index is 0.183. The van der Waals surface area contributed by atoms with Gasteiger partial charge in [-0.3, -0.25) is 4.90 Å². The molecular formula is C20H26N6O. The number of rotatable bonds is 3. The van der Waals surface area contributed by atoms with E-state index in [0.29, 0.717) is 11.7 Å². The van der Waals surface area contributed by atoms with Crippen molar-refractivity contribution in [2.24, 2.45) is 5.92 Å². The first-order valence-corrected chi connectivity index (χ1v) is 9.95. The van der Waals surface area contributed by atoms with Crippen LogP contribution in [0.25, 0.3) is 5.52 Å². The highest BCUT2D eigenvalue weighted by Crippen LogP contribution is 2.30. The second-order valence-corrected chi connectivity index (χ2v) is 8.09. The Morgan fingerprint density at radius 3 is 3.11 bits per heavy atom. The third kappa shape index (κ3) is 2.98. The molecule has 27 heavy (non-hydrogen) atoms. The number of pyridine rings is 1. The highest BCUT2D eigenvalue weighted by atomic mass is 16.5. The molecule has 2 aromatic heterocycles. The molecule has 0 radical (unpaired) electrons. The molecular weight excluding hydrogens is 340 g/mol. The van der Waals surface area contributed by atoms with Gasteiger partial charge in [-0.25, -0.2) is 4.52 Å². The second-order valence-electron chi connectivity index (χ2n) is 8.09. The normalized spacial score (nSPS) is 31.3. The molecule has 7 heteroatoms. The first-order valence-electron chi connectivity index (χ1n) is 9.95. The van der Waals surface area contributed by atoms with Gasteiger partial charge in [0.1, 0.15) is 11.8 Å². The number of aromatic nitrogens is 2. The Labute approximate surface area is 159 Å². The van der Waals surface area contributed by atoms with E-state index in [1.54, 1.807) is 10.7 Å². The first-order chi connectivity index (χ1) is 13.2. The zero-order chi connectivity index (χ0) is 18.4. The quantitative estimate of drug-likeness (QED) is 0.877. The number of likely N-dealkylation sites (tertiary alicyclic amines) is 1. The summed E-state index contributed by atoms with van der Waals surface area (Å²) in [6.07, 6.45) is 3.45. The topological polar surface area (TPSA) is 68.8 Å². The smallest absolute Gasteiger partial charge is 0.142 e. The predicted octanol–water partition coefficient (Wildman–Crippen LogP) is 1.09. The molecule has 5 heterocycles. The summed E-state index contributed by atoms with van der Waals surface area (Å²) in [5.41, 5.74) is 2.69. The van der Waals surface area contributed by atoms with Crippen molar-refractivity contribution in [2.45, 2.75) is 31.6 Å². The molecule has 3 aliphatic rings. The van der Waals surface area contributed by atoms with Gasteiger partial charge in [0.2, 0.25) is 0 Å². The molecule has 0 spiro atoms. The number of hydrogen-bond donors (Lipinski definition) is 1. The van der Waals surface area contributed by atoms with E-state index >= 15 is 0 Å². The molecule has 3 saturated heterocycles. The van der Waals surface area contributed by atoms with Crippen molar-refractivity contribution in [2.75, 3.05) is 44.2 Å². The molecule has 0 aromatic carbocycles. The number of fused-ring (bicyclic) bond motifs is 2. The number of nitrogens with one attached hydrogen (secondary N) is 1. The van der Waals surface area contributed by atoms with E-state index in [-0.39, 0.29) is 12.2 Å². The van der Waals surface area contributed by atoms with Gasteiger partial charge >= 0.3 is 0 Å². The molecule has 1 N–H and O–H groups in total. The van der Waals surface area contributed by atoms with Crippen molar-refractivity contribution in [3.63, 3.8) is 0 Å². The molecule has 2 aromatic rings. The molecule has 0 bridgehead atoms. The van der Waals surface area contributed by atoms with Crippen LogP contribution >= 0.6 is 0 Å². The lowest BCUT2D eigenvalue weighted by atomic mass is 10.0. The second kappa shape index (κ2) is 6.79. The summed E-state index contributed by atoms with van der Waals surface area (Å²) in [4.78, 5) is 5.02. The summed E-state index contributed by atoms with van der Waals surface area (Å²) in [6.45, 7) is 8.35. The predicted molar refractivity (Wildman–Crippen MR) is 103 cm³/mol. The summed E-state index contributed by atoms with van der Waals surface area (Å²) in [5, 5.41) is 17.2. The van der Waals surface area contributed by atoms with Crippen LogP contribution in [-0.2, 0) is 4.74 Å². The summed E-state index contributed by atoms with van der Waals surface area (Å²) in [5.74, 6) is 0.812. The zero-order valence-electron chi connectivity index (χ0n) is 15.7. The Morgan fingerprint density at radius 1 is 1.30 bits per heavy atom. The number of ether oxygens (including phenoxy) is 1. The fourth-order valence-electron chi connectivity index (χ4n) is 5.12. The average Bonchev–Trinajstić information content (AvgIpc) is 3.38. The largest absolute Gasteiger partial charge is 0.370 e. The van der Waals surface area contributed by atoms with Gasteiger partial charge in [-0.15, -0.1) is 0 Å². The maximum Gasteiger partial charge on any atom is 0.142 e. The van der Waals surface area contributed by atoms with Crippen molar-refractivity contribution in [3.05, 3.63) is 30.1 Å². The van der Waals surface area contributed by atoms with Crippen LogP contribution in [0, 0.1) is 17.2 Å². The van der Waals surface area contributed by atoms with Gasteiger partial charge in [-0.2, -0.15) is 10.4 Å². The van der Waals surface area contributed by atoms with Crippen LogP contribution in [0.2, 0.25) is 0 Å². The van der Waals surface area contributed by atoms with Crippen molar-refractivity contribution >= 4 is 11.2 Å². The minimum Gasteiger partial charge on any atom is -0.370 e. The third-order valence-electron chi connectivity index (χ3n) is 6.31. The molecule has 2 unspecified atom stereocenters. The molecule has 0 amide bonds. The number of morpholine rings is 1. The van der Waals surface area contributed by atoms with Gasteiger partial charge in [0.05, 0.1) is 29.6 Å². The number of nitriles is 1. The Kier molecular flexibility index (Phi) is 4.27. The number of anilines is 1. The van der Waals surface area contributed by atoms with Gasteiger partial charge in [-0.05, 0) is 50.6 Å². The third-order valence-corrected chi connectivity index (χ3v) is 6.31. The molecule has 7 nitrogen and oxygen atoms in total. The van der Waals surface area contributed by atoms with Crippen LogP contribution in [0.3, 0.4) is 0 Å². The summed E-state index contributed by atoms with van der Waals surface area (Å²) < 4.78 is 8.04. The maximum absolute atomic E-state index is 9.32. The lowest BCUT2D eigenvalue weighted by molar-refractivity contribution is -0.0337. The van der Waals surface area contributed by atoms with E-state index in [1.807, 2.05) is 12.1 Å². The summed E-state index contributed by atoms with van der Waals surface area (Å²) >= 11 is 0. The highest BCUT2D eigenvalue weighted by Gasteiger charge is 2.39. The lowest BCUT2D eigenvalue weighted by Gasteiger charge is -2.40. The van der Waals surface area contributed by atoms with Crippen LogP contribution in [0.15, 0.2) is 24.4 Å². The van der Waals surface area contributed by atoms with Crippen molar-refractivity contribution < 1.29 is 4.74 Å². The Balaban J connectivity index is 1.36. The SMILES string of the molecule is C[C@@H]1CN(c2ccc(C#N)n3nccc23)C[C@H](CN2CCC3CNCC32)O1. The van der Waals surface area contributed by atoms with Crippen LogP contribution in [0.4, 0.5) is 5.69 Å². The molecule has 4 atom stereocenters. The molecule has 0 saturated carbocycles. The van der Waals surface area contributed by atoms with Gasteiger partial charge in [0.25, 0.3) is 0 Å². The Morgan fingerprint density at radius 2 is 2.22 bits per heavy atom. The molecule has 3 fully saturated rings. The number of hydrogen-bond acceptors (Lipinski definition) is 6. The Bertz CT molecular complexity index is 873. The van der Waals surface area contributed by atoms with Crippen LogP contribution in [-0.4, -0.2) is 72.0 Å². The van der Waals surface area contributed by atoms with E-state index < -0.39 is 0 Å². The van der Waals surface area contributed by atoms with Gasteiger partial charge in [-0.1, -0.05) is 0 Å². The standard InChI is InChI=1S/C20H26N6O/c1-14-11-25(18-3-2-16(8-21)26-19(18)4-6-23-26)13-17(27-14)12-24-7-5-15-9-22-10-20(15)24/h2-4,6,14-15,17,20,22H,5,7,9-13H2,1H3/t14-,15?,17+,20?/m1/s1. The monoisotopic (exact) mass is 366 g/mol. The molecule has 5 rings (SSSR count). The van der Waals surface area contributed by atoms with Crippen molar-refractivity contribution in [1.82, 2.24) is 19.8 Å². The zero-order valence-corrected chi connectivity index (χ0v) is 15.7. The fourth-order valence-corrected chi connectivity index (χ4v) is 5.12. The Hall–Kier alpha value is -2.14. The highest BCUT2D eigenvalue weighted by molar-refractivity contribution is 5.74. The van der Waals surface area contributed by atoms with Crippen molar-refractivity contribution in [3.8, 4) is 6.07 Å². The average molecular weight is 366 g/mol. The molecule has 3 aliphatic heterocycles. The van der Waals surface area contributed by atoms with Crippen LogP contribution < -0.4 is 10.2 Å². The van der Waals surface area contributed by atoms with Crippen molar-refractivity contribution in [1.29, 1.82) is 5.26 Å². The summed E-state index contributed by atoms with van der Waals surface area (Å²) in [6, 6.07) is 8.80. The van der Waals surface area contributed by atoms with Crippen LogP contribution in [0.5, 0.6) is 0 Å². The first kappa shape index (κ1) is 17.0. The van der Waals surface area contributed by atoms with E-state index in [0.717, 1.165) is 43.3 Å². The number of nitrogens with zero attached hydrogens (tertiary/aromatic N) is 5. The van der Waals surface area contributed by atoms with E-state index in [2.05, 4.69) is 39.3 Å². The maximum atomic E-state index is 9.32. The minimum atomic E-state index is 0.183. The van der Waals surface area contributed by atoms with Gasteiger partial charge < -0.3 is 15.0 Å².